The fourth-order valence-corrected chi connectivity index (χ4v) is 3.17. The topological polar surface area (TPSA) is 83.5 Å². The summed E-state index contributed by atoms with van der Waals surface area (Å²) in [6, 6.07) is 9.80. The van der Waals surface area contributed by atoms with Crippen molar-refractivity contribution in [2.45, 2.75) is 4.90 Å². The van der Waals surface area contributed by atoms with Crippen molar-refractivity contribution in [3.05, 3.63) is 57.5 Å². The number of carbonyl (C=O) groups is 1. The van der Waals surface area contributed by atoms with E-state index in [-0.39, 0.29) is 16.1 Å². The SMILES string of the molecule is O=C(O)c1cc(NS(=O)(=O)c2ccc(Cl)cc2)ccc1Br. The molecule has 2 aromatic rings. The first-order valence-electron chi connectivity index (χ1n) is 5.61. The molecule has 0 aliphatic heterocycles. The highest BCUT2D eigenvalue weighted by atomic mass is 79.9. The first kappa shape index (κ1) is 15.8. The van der Waals surface area contributed by atoms with Gasteiger partial charge in [0, 0.05) is 15.2 Å². The zero-order valence-electron chi connectivity index (χ0n) is 10.4. The molecule has 5 nitrogen and oxygen atoms in total. The molecule has 0 amide bonds. The summed E-state index contributed by atoms with van der Waals surface area (Å²) in [6.07, 6.45) is 0. The van der Waals surface area contributed by atoms with Crippen LogP contribution in [0.25, 0.3) is 0 Å². The number of hydrogen-bond donors (Lipinski definition) is 2. The lowest BCUT2D eigenvalue weighted by Crippen LogP contribution is -2.13. The van der Waals surface area contributed by atoms with Crippen LogP contribution < -0.4 is 4.72 Å². The molecule has 0 radical (unpaired) electrons. The lowest BCUT2D eigenvalue weighted by molar-refractivity contribution is 0.0696. The molecule has 0 saturated carbocycles. The van der Waals surface area contributed by atoms with Crippen LogP contribution in [0.1, 0.15) is 10.4 Å². The summed E-state index contributed by atoms with van der Waals surface area (Å²) >= 11 is 8.80. The lowest BCUT2D eigenvalue weighted by Gasteiger charge is -2.09. The van der Waals surface area contributed by atoms with Gasteiger partial charge in [0.1, 0.15) is 0 Å². The molecule has 0 bridgehead atoms. The van der Waals surface area contributed by atoms with Gasteiger partial charge in [-0.1, -0.05) is 11.6 Å². The van der Waals surface area contributed by atoms with Crippen molar-refractivity contribution in [2.75, 3.05) is 4.72 Å². The fraction of sp³-hybridized carbons (Fsp3) is 0. The molecule has 2 N–H and O–H groups in total. The molecule has 0 aliphatic rings. The minimum atomic E-state index is -3.80. The average Bonchev–Trinajstić information content (AvgIpc) is 2.41. The Balaban J connectivity index is 2.35. The second-order valence-electron chi connectivity index (χ2n) is 4.06. The molecule has 0 aliphatic carbocycles. The van der Waals surface area contributed by atoms with Crippen molar-refractivity contribution in [2.24, 2.45) is 0 Å². The van der Waals surface area contributed by atoms with Gasteiger partial charge in [-0.15, -0.1) is 0 Å². The van der Waals surface area contributed by atoms with Crippen LogP contribution in [-0.2, 0) is 10.0 Å². The van der Waals surface area contributed by atoms with Crippen LogP contribution in [0.2, 0.25) is 5.02 Å². The molecule has 2 aromatic carbocycles. The third kappa shape index (κ3) is 3.75. The van der Waals surface area contributed by atoms with Gasteiger partial charge in [0.05, 0.1) is 10.5 Å². The Bertz CT molecular complexity index is 790. The maximum Gasteiger partial charge on any atom is 0.336 e. The maximum absolute atomic E-state index is 12.2. The molecule has 0 atom stereocenters. The van der Waals surface area contributed by atoms with Crippen LogP contribution in [0.3, 0.4) is 0 Å². The number of sulfonamides is 1. The summed E-state index contributed by atoms with van der Waals surface area (Å²) in [6.45, 7) is 0. The first-order valence-corrected chi connectivity index (χ1v) is 8.26. The van der Waals surface area contributed by atoms with Gasteiger partial charge >= 0.3 is 5.97 Å². The van der Waals surface area contributed by atoms with E-state index >= 15 is 0 Å². The van der Waals surface area contributed by atoms with Gasteiger partial charge in [-0.2, -0.15) is 0 Å². The van der Waals surface area contributed by atoms with Gasteiger partial charge < -0.3 is 5.11 Å². The summed E-state index contributed by atoms with van der Waals surface area (Å²) in [5, 5.41) is 9.44. The molecule has 0 unspecified atom stereocenters. The zero-order chi connectivity index (χ0) is 15.6. The number of hydrogen-bond acceptors (Lipinski definition) is 3. The van der Waals surface area contributed by atoms with E-state index in [1.54, 1.807) is 0 Å². The van der Waals surface area contributed by atoms with Crippen LogP contribution in [0.15, 0.2) is 51.8 Å². The first-order chi connectivity index (χ1) is 9.79. The number of carboxylic acids is 1. The Morgan fingerprint density at radius 3 is 2.33 bits per heavy atom. The van der Waals surface area contributed by atoms with Gasteiger partial charge in [-0.3, -0.25) is 4.72 Å². The number of rotatable bonds is 4. The number of carboxylic acid groups (broad SMARTS) is 1. The fourth-order valence-electron chi connectivity index (χ4n) is 1.58. The summed E-state index contributed by atoms with van der Waals surface area (Å²) in [7, 11) is -3.80. The third-order valence-corrected chi connectivity index (χ3v) is 4.91. The molecular weight excluding hydrogens is 382 g/mol. The standard InChI is InChI=1S/C13H9BrClNO4S/c14-12-6-3-9(7-11(12)13(17)18)16-21(19,20)10-4-1-8(15)2-5-10/h1-7,16H,(H,17,18). The van der Waals surface area contributed by atoms with Crippen molar-refractivity contribution in [1.82, 2.24) is 0 Å². The Hall–Kier alpha value is -1.57. The third-order valence-electron chi connectivity index (χ3n) is 2.57. The number of anilines is 1. The van der Waals surface area contributed by atoms with Gasteiger partial charge in [0.25, 0.3) is 10.0 Å². The van der Waals surface area contributed by atoms with Gasteiger partial charge in [0.2, 0.25) is 0 Å². The van der Waals surface area contributed by atoms with Gasteiger partial charge in [-0.25, -0.2) is 13.2 Å². The predicted molar refractivity (Wildman–Crippen MR) is 83.4 cm³/mol. The minimum absolute atomic E-state index is 0.0340. The molecule has 8 heteroatoms. The molecule has 2 rings (SSSR count). The van der Waals surface area contributed by atoms with E-state index < -0.39 is 16.0 Å². The summed E-state index contributed by atoms with van der Waals surface area (Å²) in [4.78, 5) is 11.1. The van der Waals surface area contributed by atoms with Gasteiger partial charge in [-0.05, 0) is 58.4 Å². The Labute approximate surface area is 134 Å². The van der Waals surface area contributed by atoms with Crippen LogP contribution in [0, 0.1) is 0 Å². The van der Waals surface area contributed by atoms with Crippen molar-refractivity contribution >= 4 is 49.2 Å². The highest BCUT2D eigenvalue weighted by molar-refractivity contribution is 9.10. The number of nitrogens with one attached hydrogen (secondary N) is 1. The average molecular weight is 391 g/mol. The summed E-state index contributed by atoms with van der Waals surface area (Å²) in [5.74, 6) is -1.16. The molecule has 0 fully saturated rings. The zero-order valence-corrected chi connectivity index (χ0v) is 13.5. The Morgan fingerprint density at radius 1 is 1.14 bits per heavy atom. The van der Waals surface area contributed by atoms with Crippen LogP contribution in [0.5, 0.6) is 0 Å². The minimum Gasteiger partial charge on any atom is -0.478 e. The van der Waals surface area contributed by atoms with Crippen LogP contribution >= 0.6 is 27.5 Å². The second-order valence-corrected chi connectivity index (χ2v) is 7.03. The van der Waals surface area contributed by atoms with Gasteiger partial charge in [0.15, 0.2) is 0 Å². The summed E-state index contributed by atoms with van der Waals surface area (Å²) < 4.78 is 27.0. The molecule has 110 valence electrons. The highest BCUT2D eigenvalue weighted by Gasteiger charge is 2.16. The highest BCUT2D eigenvalue weighted by Crippen LogP contribution is 2.23. The van der Waals surface area contributed by atoms with E-state index in [0.29, 0.717) is 9.50 Å². The smallest absolute Gasteiger partial charge is 0.336 e. The lowest BCUT2D eigenvalue weighted by atomic mass is 10.2. The monoisotopic (exact) mass is 389 g/mol. The largest absolute Gasteiger partial charge is 0.478 e. The second kappa shape index (κ2) is 6.05. The number of halogens is 2. The summed E-state index contributed by atoms with van der Waals surface area (Å²) in [5.41, 5.74) is 0.122. The van der Waals surface area contributed by atoms with E-state index in [2.05, 4.69) is 20.7 Å². The Kier molecular flexibility index (Phi) is 4.55. The van der Waals surface area contributed by atoms with E-state index in [4.69, 9.17) is 16.7 Å². The number of aromatic carboxylic acids is 1. The van der Waals surface area contributed by atoms with E-state index in [1.165, 1.54) is 42.5 Å². The Morgan fingerprint density at radius 2 is 1.76 bits per heavy atom. The molecule has 0 aromatic heterocycles. The molecule has 0 spiro atoms. The van der Waals surface area contributed by atoms with E-state index in [1.807, 2.05) is 0 Å². The molecule has 21 heavy (non-hydrogen) atoms. The molecule has 0 heterocycles. The van der Waals surface area contributed by atoms with E-state index in [9.17, 15) is 13.2 Å². The van der Waals surface area contributed by atoms with Crippen LogP contribution in [0.4, 0.5) is 5.69 Å². The normalized spacial score (nSPS) is 11.1. The van der Waals surface area contributed by atoms with Crippen molar-refractivity contribution in [3.63, 3.8) is 0 Å². The number of benzene rings is 2. The predicted octanol–water partition coefficient (Wildman–Crippen LogP) is 3.60. The van der Waals surface area contributed by atoms with Crippen molar-refractivity contribution in [1.29, 1.82) is 0 Å². The van der Waals surface area contributed by atoms with E-state index in [0.717, 1.165) is 0 Å². The molecule has 0 saturated heterocycles. The quantitative estimate of drug-likeness (QED) is 0.835. The van der Waals surface area contributed by atoms with Crippen molar-refractivity contribution in [3.8, 4) is 0 Å². The molecular formula is C13H9BrClNO4S. The van der Waals surface area contributed by atoms with Crippen LogP contribution in [-0.4, -0.2) is 19.5 Å². The van der Waals surface area contributed by atoms with Crippen molar-refractivity contribution < 1.29 is 18.3 Å². The maximum atomic E-state index is 12.2.